The third kappa shape index (κ3) is 8.75. The van der Waals surface area contributed by atoms with Gasteiger partial charge in [0.05, 0.1) is 13.3 Å². The summed E-state index contributed by atoms with van der Waals surface area (Å²) in [4.78, 5) is 4.88. The molecule has 0 spiro atoms. The molecule has 2 aliphatic rings. The van der Waals surface area contributed by atoms with Crippen LogP contribution in [0, 0.1) is 0 Å². The van der Waals surface area contributed by atoms with Crippen LogP contribution >= 0.6 is 0 Å². The fourth-order valence-corrected chi connectivity index (χ4v) is 3.86. The molecular weight excluding hydrogens is 376 g/mol. The lowest BCUT2D eigenvalue weighted by molar-refractivity contribution is 0.541. The van der Waals surface area contributed by atoms with Gasteiger partial charge < -0.3 is 31.1 Å². The number of nitrogens with zero attached hydrogens (tertiary/aromatic N) is 2. The molecule has 6 N–H and O–H groups in total. The number of nitrogens with one attached hydrogen (secondary N) is 6. The SMILES string of the molecule is c1cc(N2CCNCCNCCCNC2)ccc1N1CCNCCNCCCNC1. The molecule has 0 saturated carbocycles. The van der Waals surface area contributed by atoms with Gasteiger partial charge in [0.1, 0.15) is 0 Å². The van der Waals surface area contributed by atoms with Crippen LogP contribution in [-0.4, -0.2) is 91.9 Å². The van der Waals surface area contributed by atoms with Gasteiger partial charge in [0.15, 0.2) is 0 Å². The normalized spacial score (nSPS) is 22.3. The minimum Gasteiger partial charge on any atom is -0.357 e. The number of benzene rings is 1. The van der Waals surface area contributed by atoms with Gasteiger partial charge in [-0.05, 0) is 63.3 Å². The molecule has 0 aliphatic carbocycles. The fourth-order valence-electron chi connectivity index (χ4n) is 3.86. The summed E-state index contributed by atoms with van der Waals surface area (Å²) in [6.07, 6.45) is 2.33. The van der Waals surface area contributed by atoms with Crippen molar-refractivity contribution < 1.29 is 0 Å². The van der Waals surface area contributed by atoms with Crippen molar-refractivity contribution in [1.29, 1.82) is 0 Å². The summed E-state index contributed by atoms with van der Waals surface area (Å²) in [6, 6.07) is 9.10. The summed E-state index contributed by atoms with van der Waals surface area (Å²) >= 11 is 0. The van der Waals surface area contributed by atoms with E-state index in [2.05, 4.69) is 66.0 Å². The van der Waals surface area contributed by atoms with Crippen molar-refractivity contribution in [1.82, 2.24) is 31.9 Å². The quantitative estimate of drug-likeness (QED) is 0.386. The van der Waals surface area contributed by atoms with Crippen molar-refractivity contribution in [2.24, 2.45) is 0 Å². The molecule has 2 saturated heterocycles. The highest BCUT2D eigenvalue weighted by molar-refractivity contribution is 5.56. The molecule has 3 rings (SSSR count). The first kappa shape index (κ1) is 23.2. The summed E-state index contributed by atoms with van der Waals surface area (Å²) in [5.41, 5.74) is 2.57. The van der Waals surface area contributed by atoms with Gasteiger partial charge in [-0.3, -0.25) is 10.6 Å². The molecule has 0 amide bonds. The maximum Gasteiger partial charge on any atom is 0.0682 e. The number of hydrogen-bond acceptors (Lipinski definition) is 8. The Morgan fingerprint density at radius 2 is 0.800 bits per heavy atom. The largest absolute Gasteiger partial charge is 0.357 e. The lowest BCUT2D eigenvalue weighted by atomic mass is 10.2. The molecular formula is C22H42N8. The standard InChI is InChI=1S/C22H42N8/c1-7-23-11-13-25-15-17-29(19-27-9-1)21-3-5-22(6-4-21)30-18-16-26-14-12-24-8-2-10-28-20-30/h3-6,23-28H,1-2,7-20H2. The molecule has 0 unspecified atom stereocenters. The van der Waals surface area contributed by atoms with E-state index in [4.69, 9.17) is 0 Å². The van der Waals surface area contributed by atoms with Crippen molar-refractivity contribution in [3.63, 3.8) is 0 Å². The summed E-state index contributed by atoms with van der Waals surface area (Å²) in [5.74, 6) is 0. The van der Waals surface area contributed by atoms with Gasteiger partial charge in [-0.25, -0.2) is 0 Å². The number of hydrogen-bond donors (Lipinski definition) is 6. The van der Waals surface area contributed by atoms with Crippen molar-refractivity contribution in [3.05, 3.63) is 24.3 Å². The van der Waals surface area contributed by atoms with E-state index in [-0.39, 0.29) is 0 Å². The molecule has 1 aromatic carbocycles. The Morgan fingerprint density at radius 1 is 0.433 bits per heavy atom. The molecule has 8 heteroatoms. The zero-order valence-electron chi connectivity index (χ0n) is 18.5. The second-order valence-corrected chi connectivity index (χ2v) is 8.07. The van der Waals surface area contributed by atoms with Gasteiger partial charge in [0.25, 0.3) is 0 Å². The average molecular weight is 419 g/mol. The molecule has 2 heterocycles. The van der Waals surface area contributed by atoms with Crippen molar-refractivity contribution in [2.75, 3.05) is 102 Å². The minimum atomic E-state index is 0.893. The Kier molecular flexibility index (Phi) is 11.3. The highest BCUT2D eigenvalue weighted by atomic mass is 15.2. The van der Waals surface area contributed by atoms with Crippen LogP contribution in [0.3, 0.4) is 0 Å². The first-order valence-electron chi connectivity index (χ1n) is 11.8. The number of rotatable bonds is 2. The molecule has 170 valence electrons. The smallest absolute Gasteiger partial charge is 0.0682 e. The van der Waals surface area contributed by atoms with Gasteiger partial charge >= 0.3 is 0 Å². The van der Waals surface area contributed by atoms with Crippen molar-refractivity contribution >= 4 is 11.4 Å². The van der Waals surface area contributed by atoms with Gasteiger partial charge in [-0.15, -0.1) is 0 Å². The van der Waals surface area contributed by atoms with Gasteiger partial charge in [-0.1, -0.05) is 0 Å². The van der Waals surface area contributed by atoms with E-state index in [1.54, 1.807) is 0 Å². The minimum absolute atomic E-state index is 0.893. The van der Waals surface area contributed by atoms with Crippen LogP contribution in [0.4, 0.5) is 11.4 Å². The first-order chi connectivity index (χ1) is 14.9. The second-order valence-electron chi connectivity index (χ2n) is 8.07. The van der Waals surface area contributed by atoms with E-state index in [1.807, 2.05) is 0 Å². The lowest BCUT2D eigenvalue weighted by Gasteiger charge is -2.29. The lowest BCUT2D eigenvalue weighted by Crippen LogP contribution is -2.42. The first-order valence-corrected chi connectivity index (χ1v) is 11.8. The van der Waals surface area contributed by atoms with Crippen LogP contribution in [0.2, 0.25) is 0 Å². The molecule has 0 bridgehead atoms. The molecule has 30 heavy (non-hydrogen) atoms. The molecule has 2 aliphatic heterocycles. The van der Waals surface area contributed by atoms with E-state index >= 15 is 0 Å². The molecule has 8 nitrogen and oxygen atoms in total. The molecule has 2 fully saturated rings. The van der Waals surface area contributed by atoms with Crippen LogP contribution in [-0.2, 0) is 0 Å². The van der Waals surface area contributed by atoms with Crippen LogP contribution < -0.4 is 41.7 Å². The van der Waals surface area contributed by atoms with E-state index in [0.29, 0.717) is 0 Å². The fraction of sp³-hybridized carbons (Fsp3) is 0.727. The maximum atomic E-state index is 3.59. The third-order valence-electron chi connectivity index (χ3n) is 5.67. The van der Waals surface area contributed by atoms with Crippen LogP contribution in [0.25, 0.3) is 0 Å². The van der Waals surface area contributed by atoms with Gasteiger partial charge in [-0.2, -0.15) is 0 Å². The van der Waals surface area contributed by atoms with Crippen molar-refractivity contribution in [3.8, 4) is 0 Å². The van der Waals surface area contributed by atoms with Gasteiger partial charge in [0, 0.05) is 63.7 Å². The van der Waals surface area contributed by atoms with Crippen LogP contribution in [0.1, 0.15) is 12.8 Å². The highest BCUT2D eigenvalue weighted by Crippen LogP contribution is 2.20. The summed E-state index contributed by atoms with van der Waals surface area (Å²) in [6.45, 7) is 14.2. The molecule has 0 atom stereocenters. The van der Waals surface area contributed by atoms with E-state index in [1.165, 1.54) is 24.2 Å². The Balaban J connectivity index is 1.57. The van der Waals surface area contributed by atoms with Crippen LogP contribution in [0.15, 0.2) is 24.3 Å². The number of anilines is 2. The zero-order chi connectivity index (χ0) is 20.7. The molecule has 1 aromatic rings. The predicted molar refractivity (Wildman–Crippen MR) is 128 cm³/mol. The topological polar surface area (TPSA) is 78.7 Å². The predicted octanol–water partition coefficient (Wildman–Crippen LogP) is -0.441. The summed E-state index contributed by atoms with van der Waals surface area (Å²) < 4.78 is 0. The molecule has 0 aromatic heterocycles. The summed E-state index contributed by atoms with van der Waals surface area (Å²) in [7, 11) is 0. The van der Waals surface area contributed by atoms with E-state index in [0.717, 1.165) is 91.9 Å². The Bertz CT molecular complexity index is 480. The molecule has 0 radical (unpaired) electrons. The monoisotopic (exact) mass is 418 g/mol. The third-order valence-corrected chi connectivity index (χ3v) is 5.67. The average Bonchev–Trinajstić information content (AvgIpc) is 2.75. The maximum absolute atomic E-state index is 3.59. The summed E-state index contributed by atoms with van der Waals surface area (Å²) in [5, 5.41) is 21.2. The van der Waals surface area contributed by atoms with Crippen LogP contribution in [0.5, 0.6) is 0 Å². The highest BCUT2D eigenvalue weighted by Gasteiger charge is 2.10. The Hall–Kier alpha value is -1.42. The van der Waals surface area contributed by atoms with Gasteiger partial charge in [0.2, 0.25) is 0 Å². The zero-order valence-corrected chi connectivity index (χ0v) is 18.5. The van der Waals surface area contributed by atoms with E-state index < -0.39 is 0 Å². The van der Waals surface area contributed by atoms with Crippen molar-refractivity contribution in [2.45, 2.75) is 12.8 Å². The Morgan fingerprint density at radius 3 is 1.23 bits per heavy atom. The Labute approximate surface area is 182 Å². The second kappa shape index (κ2) is 14.6. The van der Waals surface area contributed by atoms with E-state index in [9.17, 15) is 0 Å².